The molecule has 0 N–H and O–H groups in total. The molecule has 3 heteroatoms. The van der Waals surface area contributed by atoms with Crippen LogP contribution in [0.15, 0.2) is 54.6 Å². The highest BCUT2D eigenvalue weighted by Crippen LogP contribution is 2.34. The largest absolute Gasteiger partial charge is 0.497 e. The predicted octanol–water partition coefficient (Wildman–Crippen LogP) is 3.71. The second-order valence-corrected chi connectivity index (χ2v) is 5.77. The van der Waals surface area contributed by atoms with Gasteiger partial charge in [0.25, 0.3) is 5.91 Å². The first-order chi connectivity index (χ1) is 10.7. The molecule has 1 amide bonds. The highest BCUT2D eigenvalue weighted by molar-refractivity contribution is 5.94. The zero-order chi connectivity index (χ0) is 15.5. The fourth-order valence-corrected chi connectivity index (χ4v) is 3.27. The summed E-state index contributed by atoms with van der Waals surface area (Å²) in [6.07, 6.45) is 1.02. The van der Waals surface area contributed by atoms with Crippen LogP contribution in [0.5, 0.6) is 5.75 Å². The Kier molecular flexibility index (Phi) is 4.14. The van der Waals surface area contributed by atoms with Crippen LogP contribution in [0.2, 0.25) is 0 Å². The monoisotopic (exact) mass is 295 g/mol. The maximum Gasteiger partial charge on any atom is 0.254 e. The molecule has 1 aliphatic rings. The molecule has 1 aliphatic heterocycles. The Morgan fingerprint density at radius 1 is 1.09 bits per heavy atom. The van der Waals surface area contributed by atoms with Crippen molar-refractivity contribution in [2.24, 2.45) is 0 Å². The molecule has 1 heterocycles. The van der Waals surface area contributed by atoms with Crippen LogP contribution in [0.3, 0.4) is 0 Å². The highest BCUT2D eigenvalue weighted by Gasteiger charge is 2.34. The van der Waals surface area contributed by atoms with Gasteiger partial charge in [0.1, 0.15) is 5.75 Å². The molecular formula is C19H21NO2. The van der Waals surface area contributed by atoms with Crippen LogP contribution in [-0.4, -0.2) is 30.5 Å². The van der Waals surface area contributed by atoms with E-state index in [1.165, 1.54) is 5.56 Å². The first kappa shape index (κ1) is 14.6. The SMILES string of the molecule is COc1ccc(C(=O)N2CCC(c3ccccc3)C2C)cc1. The van der Waals surface area contributed by atoms with Gasteiger partial charge < -0.3 is 9.64 Å². The van der Waals surface area contributed by atoms with Crippen LogP contribution in [0, 0.1) is 0 Å². The number of benzene rings is 2. The molecule has 22 heavy (non-hydrogen) atoms. The zero-order valence-corrected chi connectivity index (χ0v) is 13.0. The van der Waals surface area contributed by atoms with E-state index in [4.69, 9.17) is 4.74 Å². The Morgan fingerprint density at radius 3 is 2.41 bits per heavy atom. The number of hydrogen-bond donors (Lipinski definition) is 0. The summed E-state index contributed by atoms with van der Waals surface area (Å²) in [5.74, 6) is 1.30. The van der Waals surface area contributed by atoms with E-state index in [0.29, 0.717) is 5.92 Å². The molecule has 0 bridgehead atoms. The first-order valence-electron chi connectivity index (χ1n) is 7.70. The van der Waals surface area contributed by atoms with Crippen LogP contribution in [0.1, 0.15) is 35.2 Å². The maximum absolute atomic E-state index is 12.7. The number of ether oxygens (including phenoxy) is 1. The van der Waals surface area contributed by atoms with E-state index >= 15 is 0 Å². The normalized spacial score (nSPS) is 20.9. The second kappa shape index (κ2) is 6.22. The lowest BCUT2D eigenvalue weighted by Crippen LogP contribution is -2.35. The van der Waals surface area contributed by atoms with Gasteiger partial charge in [-0.05, 0) is 43.2 Å². The summed E-state index contributed by atoms with van der Waals surface area (Å²) >= 11 is 0. The fraction of sp³-hybridized carbons (Fsp3) is 0.316. The standard InChI is InChI=1S/C19H21NO2/c1-14-18(15-6-4-3-5-7-15)12-13-20(14)19(21)16-8-10-17(22-2)11-9-16/h3-11,14,18H,12-13H2,1-2H3. The van der Waals surface area contributed by atoms with Gasteiger partial charge in [0.2, 0.25) is 0 Å². The molecule has 0 saturated carbocycles. The molecule has 2 atom stereocenters. The summed E-state index contributed by atoms with van der Waals surface area (Å²) in [5.41, 5.74) is 2.04. The van der Waals surface area contributed by atoms with Gasteiger partial charge in [-0.15, -0.1) is 0 Å². The lowest BCUT2D eigenvalue weighted by molar-refractivity contribution is 0.0742. The van der Waals surface area contributed by atoms with Crippen molar-refractivity contribution in [3.05, 3.63) is 65.7 Å². The summed E-state index contributed by atoms with van der Waals surface area (Å²) in [5, 5.41) is 0. The molecule has 0 radical (unpaired) electrons. The van der Waals surface area contributed by atoms with Gasteiger partial charge in [-0.3, -0.25) is 4.79 Å². The minimum atomic E-state index is 0.105. The number of nitrogens with zero attached hydrogens (tertiary/aromatic N) is 1. The van der Waals surface area contributed by atoms with Crippen molar-refractivity contribution >= 4 is 5.91 Å². The molecule has 2 unspecified atom stereocenters. The molecular weight excluding hydrogens is 274 g/mol. The van der Waals surface area contributed by atoms with E-state index in [0.717, 1.165) is 24.3 Å². The van der Waals surface area contributed by atoms with Crippen LogP contribution in [-0.2, 0) is 0 Å². The van der Waals surface area contributed by atoms with Gasteiger partial charge in [0.15, 0.2) is 0 Å². The molecule has 0 spiro atoms. The molecule has 3 rings (SSSR count). The average molecular weight is 295 g/mol. The van der Waals surface area contributed by atoms with E-state index in [2.05, 4.69) is 31.2 Å². The van der Waals surface area contributed by atoms with Gasteiger partial charge in [-0.1, -0.05) is 30.3 Å². The number of hydrogen-bond acceptors (Lipinski definition) is 2. The van der Waals surface area contributed by atoms with Crippen LogP contribution in [0.25, 0.3) is 0 Å². The quantitative estimate of drug-likeness (QED) is 0.864. The van der Waals surface area contributed by atoms with Gasteiger partial charge >= 0.3 is 0 Å². The number of amides is 1. The Labute approximate surface area is 131 Å². The molecule has 2 aromatic rings. The Hall–Kier alpha value is -2.29. The van der Waals surface area contributed by atoms with Crippen molar-refractivity contribution < 1.29 is 9.53 Å². The number of carbonyl (C=O) groups excluding carboxylic acids is 1. The van der Waals surface area contributed by atoms with E-state index in [9.17, 15) is 4.79 Å². The summed E-state index contributed by atoms with van der Waals surface area (Å²) in [4.78, 5) is 14.7. The average Bonchev–Trinajstić information content (AvgIpc) is 2.96. The third kappa shape index (κ3) is 2.71. The lowest BCUT2D eigenvalue weighted by Gasteiger charge is -2.25. The van der Waals surface area contributed by atoms with Crippen molar-refractivity contribution in [3.63, 3.8) is 0 Å². The van der Waals surface area contributed by atoms with Crippen molar-refractivity contribution in [1.82, 2.24) is 4.90 Å². The maximum atomic E-state index is 12.7. The van der Waals surface area contributed by atoms with Gasteiger partial charge in [0, 0.05) is 24.1 Å². The topological polar surface area (TPSA) is 29.5 Å². The van der Waals surface area contributed by atoms with Crippen molar-refractivity contribution in [2.75, 3.05) is 13.7 Å². The Balaban J connectivity index is 1.76. The highest BCUT2D eigenvalue weighted by atomic mass is 16.5. The minimum absolute atomic E-state index is 0.105. The summed E-state index contributed by atoms with van der Waals surface area (Å²) in [6, 6.07) is 18.0. The summed E-state index contributed by atoms with van der Waals surface area (Å²) in [6.45, 7) is 2.96. The fourth-order valence-electron chi connectivity index (χ4n) is 3.27. The van der Waals surface area contributed by atoms with Crippen molar-refractivity contribution in [1.29, 1.82) is 0 Å². The molecule has 2 aromatic carbocycles. The second-order valence-electron chi connectivity index (χ2n) is 5.77. The Bertz CT molecular complexity index is 636. The van der Waals surface area contributed by atoms with E-state index < -0.39 is 0 Å². The summed E-state index contributed by atoms with van der Waals surface area (Å²) < 4.78 is 5.15. The smallest absolute Gasteiger partial charge is 0.254 e. The number of rotatable bonds is 3. The molecule has 0 aliphatic carbocycles. The van der Waals surface area contributed by atoms with Crippen LogP contribution >= 0.6 is 0 Å². The molecule has 3 nitrogen and oxygen atoms in total. The van der Waals surface area contributed by atoms with Crippen molar-refractivity contribution in [2.45, 2.75) is 25.3 Å². The predicted molar refractivity (Wildman–Crippen MR) is 87.3 cm³/mol. The van der Waals surface area contributed by atoms with E-state index in [1.807, 2.05) is 35.2 Å². The molecule has 114 valence electrons. The van der Waals surface area contributed by atoms with Crippen LogP contribution in [0.4, 0.5) is 0 Å². The van der Waals surface area contributed by atoms with E-state index in [-0.39, 0.29) is 11.9 Å². The third-order valence-corrected chi connectivity index (χ3v) is 4.58. The van der Waals surface area contributed by atoms with Gasteiger partial charge in [-0.2, -0.15) is 0 Å². The molecule has 1 fully saturated rings. The Morgan fingerprint density at radius 2 is 1.77 bits per heavy atom. The molecule has 0 aromatic heterocycles. The number of carbonyl (C=O) groups is 1. The molecule has 1 saturated heterocycles. The zero-order valence-electron chi connectivity index (χ0n) is 13.0. The van der Waals surface area contributed by atoms with E-state index in [1.54, 1.807) is 7.11 Å². The van der Waals surface area contributed by atoms with Crippen molar-refractivity contribution in [3.8, 4) is 5.75 Å². The number of methoxy groups -OCH3 is 1. The minimum Gasteiger partial charge on any atom is -0.497 e. The first-order valence-corrected chi connectivity index (χ1v) is 7.70. The summed E-state index contributed by atoms with van der Waals surface area (Å²) in [7, 11) is 1.63. The van der Waals surface area contributed by atoms with Crippen LogP contribution < -0.4 is 4.74 Å². The third-order valence-electron chi connectivity index (χ3n) is 4.58. The lowest BCUT2D eigenvalue weighted by atomic mass is 9.93. The number of likely N-dealkylation sites (tertiary alicyclic amines) is 1. The van der Waals surface area contributed by atoms with Gasteiger partial charge in [0.05, 0.1) is 7.11 Å². The van der Waals surface area contributed by atoms with Gasteiger partial charge in [-0.25, -0.2) is 0 Å².